The van der Waals surface area contributed by atoms with Crippen molar-refractivity contribution in [3.05, 3.63) is 12.4 Å². The molecule has 0 aromatic carbocycles. The van der Waals surface area contributed by atoms with Crippen LogP contribution in [0.15, 0.2) is 12.4 Å². The third kappa shape index (κ3) is 5.46. The third-order valence-electron chi connectivity index (χ3n) is 2.27. The Morgan fingerprint density at radius 2 is 2.41 bits per heavy atom. The van der Waals surface area contributed by atoms with Gasteiger partial charge >= 0.3 is 0 Å². The van der Waals surface area contributed by atoms with E-state index in [1.165, 1.54) is 0 Å². The van der Waals surface area contributed by atoms with Gasteiger partial charge in [-0.05, 0) is 20.0 Å². The molecule has 1 heterocycles. The highest BCUT2D eigenvalue weighted by atomic mass is 16.5. The normalized spacial score (nSPS) is 10.5. The van der Waals surface area contributed by atoms with Crippen LogP contribution in [-0.2, 0) is 16.1 Å². The van der Waals surface area contributed by atoms with E-state index in [-0.39, 0.29) is 5.91 Å². The topological polar surface area (TPSA) is 68.2 Å². The molecular weight excluding hydrogens is 220 g/mol. The molecule has 2 N–H and O–H groups in total. The zero-order valence-corrected chi connectivity index (χ0v) is 10.4. The minimum Gasteiger partial charge on any atom is -0.383 e. The maximum absolute atomic E-state index is 11.5. The average Bonchev–Trinajstić information content (AvgIpc) is 2.74. The zero-order chi connectivity index (χ0) is 12.5. The number of ether oxygens (including phenoxy) is 1. The highest BCUT2D eigenvalue weighted by Gasteiger charge is 2.03. The number of nitrogens with zero attached hydrogens (tertiary/aromatic N) is 2. The molecular formula is C11H20N4O2. The van der Waals surface area contributed by atoms with Crippen LogP contribution < -0.4 is 10.6 Å². The number of carbonyl (C=O) groups is 1. The highest BCUT2D eigenvalue weighted by Crippen LogP contribution is 2.05. The Kier molecular flexibility index (Phi) is 6.27. The summed E-state index contributed by atoms with van der Waals surface area (Å²) >= 11 is 0. The van der Waals surface area contributed by atoms with Gasteiger partial charge in [-0.3, -0.25) is 9.48 Å². The first-order valence-electron chi connectivity index (χ1n) is 5.72. The minimum absolute atomic E-state index is 0.0199. The SMILES string of the molecule is CNCCCC(=O)Nc1cnn(CCOC)c1. The van der Waals surface area contributed by atoms with E-state index in [0.29, 0.717) is 19.6 Å². The monoisotopic (exact) mass is 240 g/mol. The molecule has 1 amide bonds. The lowest BCUT2D eigenvalue weighted by atomic mass is 10.3. The van der Waals surface area contributed by atoms with Crippen LogP contribution in [-0.4, -0.2) is 43.0 Å². The summed E-state index contributed by atoms with van der Waals surface area (Å²) in [7, 11) is 3.52. The van der Waals surface area contributed by atoms with Crippen LogP contribution in [0.4, 0.5) is 5.69 Å². The Balaban J connectivity index is 2.30. The smallest absolute Gasteiger partial charge is 0.224 e. The van der Waals surface area contributed by atoms with Crippen LogP contribution in [0.5, 0.6) is 0 Å². The molecule has 0 bridgehead atoms. The van der Waals surface area contributed by atoms with E-state index in [2.05, 4.69) is 15.7 Å². The van der Waals surface area contributed by atoms with Crippen molar-refractivity contribution in [2.24, 2.45) is 0 Å². The van der Waals surface area contributed by atoms with Gasteiger partial charge in [0.2, 0.25) is 5.91 Å². The van der Waals surface area contributed by atoms with Crippen LogP contribution >= 0.6 is 0 Å². The second kappa shape index (κ2) is 7.81. The third-order valence-corrected chi connectivity index (χ3v) is 2.27. The molecule has 6 heteroatoms. The first-order chi connectivity index (χ1) is 8.26. The summed E-state index contributed by atoms with van der Waals surface area (Å²) in [6.07, 6.45) is 4.80. The van der Waals surface area contributed by atoms with Gasteiger partial charge in [0, 0.05) is 19.7 Å². The van der Waals surface area contributed by atoms with E-state index in [4.69, 9.17) is 4.74 Å². The van der Waals surface area contributed by atoms with Gasteiger partial charge in [0.05, 0.1) is 25.0 Å². The maximum atomic E-state index is 11.5. The lowest BCUT2D eigenvalue weighted by Gasteiger charge is -2.02. The second-order valence-corrected chi connectivity index (χ2v) is 3.74. The molecule has 0 spiro atoms. The molecule has 0 fully saturated rings. The molecule has 0 atom stereocenters. The van der Waals surface area contributed by atoms with Crippen LogP contribution in [0.25, 0.3) is 0 Å². The van der Waals surface area contributed by atoms with Gasteiger partial charge in [-0.15, -0.1) is 0 Å². The number of carbonyl (C=O) groups excluding carboxylic acids is 1. The van der Waals surface area contributed by atoms with Gasteiger partial charge in [-0.25, -0.2) is 0 Å². The van der Waals surface area contributed by atoms with E-state index in [1.54, 1.807) is 24.2 Å². The molecule has 0 unspecified atom stereocenters. The molecule has 0 aliphatic carbocycles. The average molecular weight is 240 g/mol. The number of anilines is 1. The number of hydrogen-bond acceptors (Lipinski definition) is 4. The lowest BCUT2D eigenvalue weighted by Crippen LogP contribution is -2.15. The predicted octanol–water partition coefficient (Wildman–Crippen LogP) is 0.468. The van der Waals surface area contributed by atoms with Gasteiger partial charge in [0.15, 0.2) is 0 Å². The summed E-state index contributed by atoms with van der Waals surface area (Å²) in [5.41, 5.74) is 0.732. The molecule has 1 aromatic rings. The van der Waals surface area contributed by atoms with Crippen molar-refractivity contribution in [2.75, 3.05) is 32.6 Å². The fourth-order valence-electron chi connectivity index (χ4n) is 1.38. The summed E-state index contributed by atoms with van der Waals surface area (Å²) in [4.78, 5) is 11.5. The zero-order valence-electron chi connectivity index (χ0n) is 10.4. The molecule has 0 aliphatic rings. The standard InChI is InChI=1S/C11H20N4O2/c1-12-5-3-4-11(16)14-10-8-13-15(9-10)6-7-17-2/h8-9,12H,3-7H2,1-2H3,(H,14,16). The number of rotatable bonds is 8. The van der Waals surface area contributed by atoms with E-state index in [0.717, 1.165) is 18.7 Å². The van der Waals surface area contributed by atoms with Crippen molar-refractivity contribution in [1.82, 2.24) is 15.1 Å². The number of hydrogen-bond donors (Lipinski definition) is 2. The molecule has 17 heavy (non-hydrogen) atoms. The Labute approximate surface area is 101 Å². The molecule has 0 saturated carbocycles. The fraction of sp³-hybridized carbons (Fsp3) is 0.636. The highest BCUT2D eigenvalue weighted by molar-refractivity contribution is 5.90. The van der Waals surface area contributed by atoms with Gasteiger partial charge in [-0.1, -0.05) is 0 Å². The van der Waals surface area contributed by atoms with Crippen LogP contribution in [0.2, 0.25) is 0 Å². The summed E-state index contributed by atoms with van der Waals surface area (Å²) in [5.74, 6) is 0.0199. The van der Waals surface area contributed by atoms with E-state index in [1.807, 2.05) is 7.05 Å². The maximum Gasteiger partial charge on any atom is 0.224 e. The van der Waals surface area contributed by atoms with Gasteiger partial charge in [0.25, 0.3) is 0 Å². The summed E-state index contributed by atoms with van der Waals surface area (Å²) in [6.45, 7) is 2.14. The number of amides is 1. The Bertz CT molecular complexity index is 338. The summed E-state index contributed by atoms with van der Waals surface area (Å²) in [5, 5.41) is 9.92. The van der Waals surface area contributed by atoms with Gasteiger partial charge in [0.1, 0.15) is 0 Å². The van der Waals surface area contributed by atoms with Crippen molar-refractivity contribution < 1.29 is 9.53 Å². The Morgan fingerprint density at radius 1 is 1.59 bits per heavy atom. The molecule has 1 aromatic heterocycles. The first-order valence-corrected chi connectivity index (χ1v) is 5.72. The van der Waals surface area contributed by atoms with Crippen molar-refractivity contribution in [2.45, 2.75) is 19.4 Å². The predicted molar refractivity (Wildman–Crippen MR) is 65.9 cm³/mol. The lowest BCUT2D eigenvalue weighted by molar-refractivity contribution is -0.116. The van der Waals surface area contributed by atoms with Crippen molar-refractivity contribution in [3.8, 4) is 0 Å². The summed E-state index contributed by atoms with van der Waals surface area (Å²) < 4.78 is 6.69. The largest absolute Gasteiger partial charge is 0.383 e. The molecule has 0 saturated heterocycles. The fourth-order valence-corrected chi connectivity index (χ4v) is 1.38. The second-order valence-electron chi connectivity index (χ2n) is 3.74. The minimum atomic E-state index is 0.0199. The molecule has 0 radical (unpaired) electrons. The van der Waals surface area contributed by atoms with Crippen molar-refractivity contribution >= 4 is 11.6 Å². The van der Waals surface area contributed by atoms with Crippen LogP contribution in [0.1, 0.15) is 12.8 Å². The molecule has 96 valence electrons. The Morgan fingerprint density at radius 3 is 3.12 bits per heavy atom. The van der Waals surface area contributed by atoms with E-state index in [9.17, 15) is 4.79 Å². The van der Waals surface area contributed by atoms with Crippen LogP contribution in [0, 0.1) is 0 Å². The summed E-state index contributed by atoms with van der Waals surface area (Å²) in [6, 6.07) is 0. The van der Waals surface area contributed by atoms with Crippen molar-refractivity contribution in [1.29, 1.82) is 0 Å². The Hall–Kier alpha value is -1.40. The van der Waals surface area contributed by atoms with Gasteiger partial charge < -0.3 is 15.4 Å². The molecule has 1 rings (SSSR count). The number of nitrogens with one attached hydrogen (secondary N) is 2. The number of aromatic nitrogens is 2. The van der Waals surface area contributed by atoms with E-state index >= 15 is 0 Å². The first kappa shape index (κ1) is 13.7. The number of methoxy groups -OCH3 is 1. The molecule has 6 nitrogen and oxygen atoms in total. The quantitative estimate of drug-likeness (QED) is 0.648. The van der Waals surface area contributed by atoms with Crippen LogP contribution in [0.3, 0.4) is 0 Å². The van der Waals surface area contributed by atoms with Crippen molar-refractivity contribution in [3.63, 3.8) is 0 Å². The van der Waals surface area contributed by atoms with Gasteiger partial charge in [-0.2, -0.15) is 5.10 Å². The molecule has 0 aliphatic heterocycles. The van der Waals surface area contributed by atoms with E-state index < -0.39 is 0 Å².